The maximum Gasteiger partial charge on any atom is 0.416 e. The molecule has 12 heteroatoms. The second-order valence-electron chi connectivity index (χ2n) is 10.7. The van der Waals surface area contributed by atoms with Crippen LogP contribution in [0.1, 0.15) is 56.0 Å². The standard InChI is InChI=1S/C30H41F3N4O5/c1-19-17-37(20(2)18-38)28(39)25-15-24(36-29(40)35-23-10-8-22(9-11-23)30(31,32)33)12-13-26(25)42-21(3)7-5-6-14-41-27(19)16-34-4/h8-13,15,19-21,27,34,38H,5-7,14,16-18H2,1-4H3,(H2,35,36,40)/t19-,20-,21+,27-/m0/s1. The van der Waals surface area contributed by atoms with Crippen LogP contribution in [0.2, 0.25) is 0 Å². The zero-order valence-corrected chi connectivity index (χ0v) is 24.5. The number of fused-ring (bicyclic) bond motifs is 1. The molecule has 0 saturated heterocycles. The minimum Gasteiger partial charge on any atom is -0.490 e. The minimum absolute atomic E-state index is 0.0579. The highest BCUT2D eigenvalue weighted by atomic mass is 19.4. The van der Waals surface area contributed by atoms with E-state index in [9.17, 15) is 27.9 Å². The Kier molecular flexibility index (Phi) is 12.0. The van der Waals surface area contributed by atoms with E-state index in [0.717, 1.165) is 43.5 Å². The number of ether oxygens (including phenoxy) is 2. The smallest absolute Gasteiger partial charge is 0.416 e. The molecule has 4 atom stereocenters. The zero-order valence-electron chi connectivity index (χ0n) is 24.5. The summed E-state index contributed by atoms with van der Waals surface area (Å²) in [6.45, 7) is 6.93. The zero-order chi connectivity index (χ0) is 30.9. The van der Waals surface area contributed by atoms with E-state index in [2.05, 4.69) is 16.0 Å². The summed E-state index contributed by atoms with van der Waals surface area (Å²) in [4.78, 5) is 28.3. The van der Waals surface area contributed by atoms with E-state index in [1.165, 1.54) is 6.07 Å². The van der Waals surface area contributed by atoms with E-state index in [4.69, 9.17) is 9.47 Å². The van der Waals surface area contributed by atoms with Crippen LogP contribution in [0.25, 0.3) is 0 Å². The van der Waals surface area contributed by atoms with Gasteiger partial charge >= 0.3 is 12.2 Å². The lowest BCUT2D eigenvalue weighted by Crippen LogP contribution is -2.47. The van der Waals surface area contributed by atoms with Gasteiger partial charge in [-0.2, -0.15) is 13.2 Å². The SMILES string of the molecule is CNC[C@@H]1OCCCC[C@@H](C)Oc2ccc(NC(=O)Nc3ccc(C(F)(F)F)cc3)cc2C(=O)N([C@@H](C)CO)C[C@@H]1C. The maximum absolute atomic E-state index is 14.0. The highest BCUT2D eigenvalue weighted by molar-refractivity contribution is 6.02. The molecule has 0 fully saturated rings. The molecule has 2 aromatic rings. The number of hydrogen-bond donors (Lipinski definition) is 4. The number of hydrogen-bond acceptors (Lipinski definition) is 6. The first-order valence-electron chi connectivity index (χ1n) is 14.2. The lowest BCUT2D eigenvalue weighted by Gasteiger charge is -2.34. The molecular formula is C30H41F3N4O5. The van der Waals surface area contributed by atoms with E-state index in [-0.39, 0.29) is 47.6 Å². The van der Waals surface area contributed by atoms with Gasteiger partial charge in [-0.15, -0.1) is 0 Å². The Morgan fingerprint density at radius 3 is 2.40 bits per heavy atom. The third kappa shape index (κ3) is 9.33. The minimum atomic E-state index is -4.48. The van der Waals surface area contributed by atoms with Gasteiger partial charge in [-0.3, -0.25) is 4.79 Å². The van der Waals surface area contributed by atoms with E-state index in [1.807, 2.05) is 20.9 Å². The van der Waals surface area contributed by atoms with Crippen molar-refractivity contribution in [3.8, 4) is 5.75 Å². The van der Waals surface area contributed by atoms with Crippen LogP contribution < -0.4 is 20.7 Å². The van der Waals surface area contributed by atoms with Gasteiger partial charge in [-0.1, -0.05) is 6.92 Å². The number of alkyl halides is 3. The van der Waals surface area contributed by atoms with Crippen molar-refractivity contribution in [3.05, 3.63) is 53.6 Å². The van der Waals surface area contributed by atoms with Crippen molar-refractivity contribution >= 4 is 23.3 Å². The molecular weight excluding hydrogens is 553 g/mol. The number of nitrogens with zero attached hydrogens (tertiary/aromatic N) is 1. The molecule has 0 bridgehead atoms. The highest BCUT2D eigenvalue weighted by Gasteiger charge is 2.31. The Balaban J connectivity index is 1.89. The summed E-state index contributed by atoms with van der Waals surface area (Å²) in [7, 11) is 1.85. The monoisotopic (exact) mass is 594 g/mol. The number of amides is 3. The molecule has 0 unspecified atom stereocenters. The third-order valence-electron chi connectivity index (χ3n) is 7.18. The van der Waals surface area contributed by atoms with Crippen LogP contribution in [0.5, 0.6) is 5.75 Å². The summed E-state index contributed by atoms with van der Waals surface area (Å²) in [5, 5.41) is 18.3. The molecule has 0 radical (unpaired) electrons. The van der Waals surface area contributed by atoms with Crippen molar-refractivity contribution in [3.63, 3.8) is 0 Å². The Morgan fingerprint density at radius 2 is 1.76 bits per heavy atom. The summed E-state index contributed by atoms with van der Waals surface area (Å²) >= 11 is 0. The molecule has 1 aliphatic rings. The second kappa shape index (κ2) is 15.2. The molecule has 4 N–H and O–H groups in total. The Labute approximate surface area is 244 Å². The first-order valence-corrected chi connectivity index (χ1v) is 14.2. The fourth-order valence-corrected chi connectivity index (χ4v) is 4.73. The van der Waals surface area contributed by atoms with E-state index in [0.29, 0.717) is 25.4 Å². The Bertz CT molecular complexity index is 1180. The molecule has 232 valence electrons. The van der Waals surface area contributed by atoms with Crippen LogP contribution in [-0.4, -0.2) is 73.5 Å². The number of anilines is 2. The number of aliphatic hydroxyl groups is 1. The van der Waals surface area contributed by atoms with Crippen molar-refractivity contribution in [1.29, 1.82) is 0 Å². The third-order valence-corrected chi connectivity index (χ3v) is 7.18. The molecule has 1 aliphatic heterocycles. The second-order valence-corrected chi connectivity index (χ2v) is 10.7. The molecule has 3 amide bonds. The number of urea groups is 1. The van der Waals surface area contributed by atoms with Gasteiger partial charge in [-0.25, -0.2) is 4.79 Å². The first kappa shape index (κ1) is 33.2. The normalized spacial score (nSPS) is 21.5. The van der Waals surface area contributed by atoms with Gasteiger partial charge in [0.15, 0.2) is 0 Å². The summed E-state index contributed by atoms with van der Waals surface area (Å²) in [6, 6.07) is 7.58. The van der Waals surface area contributed by atoms with Gasteiger partial charge < -0.3 is 35.4 Å². The first-order chi connectivity index (χ1) is 19.9. The largest absolute Gasteiger partial charge is 0.490 e. The average Bonchev–Trinajstić information content (AvgIpc) is 2.94. The van der Waals surface area contributed by atoms with Gasteiger partial charge in [0.25, 0.3) is 5.91 Å². The van der Waals surface area contributed by atoms with Gasteiger partial charge in [-0.05, 0) is 82.6 Å². The summed E-state index contributed by atoms with van der Waals surface area (Å²) in [6.07, 6.45) is -2.34. The summed E-state index contributed by atoms with van der Waals surface area (Å²) in [5.41, 5.74) is -0.163. The van der Waals surface area contributed by atoms with Crippen molar-refractivity contribution in [2.45, 2.75) is 64.5 Å². The number of carbonyl (C=O) groups is 2. The average molecular weight is 595 g/mol. The molecule has 1 heterocycles. The van der Waals surface area contributed by atoms with Crippen LogP contribution in [0.3, 0.4) is 0 Å². The van der Waals surface area contributed by atoms with Crippen molar-refractivity contribution in [1.82, 2.24) is 10.2 Å². The molecule has 0 saturated carbocycles. The number of halogens is 3. The van der Waals surface area contributed by atoms with Crippen LogP contribution in [0.4, 0.5) is 29.3 Å². The molecule has 3 rings (SSSR count). The number of benzene rings is 2. The van der Waals surface area contributed by atoms with Gasteiger partial charge in [0, 0.05) is 37.0 Å². The van der Waals surface area contributed by atoms with Crippen LogP contribution >= 0.6 is 0 Å². The Morgan fingerprint density at radius 1 is 1.10 bits per heavy atom. The van der Waals surface area contributed by atoms with Crippen molar-refractivity contribution in [2.75, 3.05) is 44.0 Å². The highest BCUT2D eigenvalue weighted by Crippen LogP contribution is 2.31. The molecule has 42 heavy (non-hydrogen) atoms. The molecule has 2 aromatic carbocycles. The molecule has 0 aromatic heterocycles. The lowest BCUT2D eigenvalue weighted by molar-refractivity contribution is -0.137. The molecule has 0 spiro atoms. The van der Waals surface area contributed by atoms with Crippen LogP contribution in [0.15, 0.2) is 42.5 Å². The van der Waals surface area contributed by atoms with Gasteiger partial charge in [0.1, 0.15) is 5.75 Å². The Hall–Kier alpha value is -3.35. The number of carbonyl (C=O) groups excluding carboxylic acids is 2. The number of nitrogens with one attached hydrogen (secondary N) is 3. The predicted octanol–water partition coefficient (Wildman–Crippen LogP) is 5.36. The van der Waals surface area contributed by atoms with E-state index < -0.39 is 23.8 Å². The fraction of sp³-hybridized carbons (Fsp3) is 0.533. The van der Waals surface area contributed by atoms with Crippen molar-refractivity contribution < 1.29 is 37.3 Å². The number of aliphatic hydroxyl groups excluding tert-OH is 1. The number of rotatable bonds is 6. The molecule has 9 nitrogen and oxygen atoms in total. The van der Waals surface area contributed by atoms with Crippen molar-refractivity contribution in [2.24, 2.45) is 5.92 Å². The van der Waals surface area contributed by atoms with Crippen LogP contribution in [-0.2, 0) is 10.9 Å². The summed E-state index contributed by atoms with van der Waals surface area (Å²) in [5.74, 6) is -0.0841. The van der Waals surface area contributed by atoms with E-state index in [1.54, 1.807) is 24.0 Å². The lowest BCUT2D eigenvalue weighted by atomic mass is 10.0. The molecule has 0 aliphatic carbocycles. The summed E-state index contributed by atoms with van der Waals surface area (Å²) < 4.78 is 50.9. The number of likely N-dealkylation sites (N-methyl/N-ethyl adjacent to an activating group) is 1. The predicted molar refractivity (Wildman–Crippen MR) is 155 cm³/mol. The fourth-order valence-electron chi connectivity index (χ4n) is 4.73. The van der Waals surface area contributed by atoms with Gasteiger partial charge in [0.05, 0.1) is 36.0 Å². The van der Waals surface area contributed by atoms with E-state index >= 15 is 0 Å². The maximum atomic E-state index is 14.0. The topological polar surface area (TPSA) is 112 Å². The quantitative estimate of drug-likeness (QED) is 0.358. The van der Waals surface area contributed by atoms with Crippen LogP contribution in [0, 0.1) is 5.92 Å². The van der Waals surface area contributed by atoms with Gasteiger partial charge in [0.2, 0.25) is 0 Å².